The summed E-state index contributed by atoms with van der Waals surface area (Å²) < 4.78 is 41.3. The molecule has 3 fully saturated rings. The predicted octanol–water partition coefficient (Wildman–Crippen LogP) is 4.78. The Hall–Kier alpha value is -7.31. The lowest BCUT2D eigenvalue weighted by Crippen LogP contribution is -2.64. The number of aryl methyl sites for hydroxylation is 1. The molecule has 2 aliphatic heterocycles. The van der Waals surface area contributed by atoms with Crippen molar-refractivity contribution in [2.75, 3.05) is 75.5 Å². The van der Waals surface area contributed by atoms with Crippen LogP contribution in [0.15, 0.2) is 48.5 Å². The number of likely N-dealkylation sites (N-methyl/N-ethyl adjacent to an activating group) is 7. The minimum absolute atomic E-state index is 0.0429. The number of amides is 11. The molecule has 2 aromatic carbocycles. The average Bonchev–Trinajstić information content (AvgIpc) is 1.76. The zero-order valence-corrected chi connectivity index (χ0v) is 56.0. The molecule has 8 atom stereocenters. The number of carbonyl (C=O) groups is 11. The molecule has 91 heavy (non-hydrogen) atoms. The van der Waals surface area contributed by atoms with E-state index in [1.165, 1.54) is 75.0 Å². The second-order valence-electron chi connectivity index (χ2n) is 25.9. The Labute approximate surface area is 538 Å². The zero-order valence-electron chi connectivity index (χ0n) is 55.3. The highest BCUT2D eigenvalue weighted by atomic mass is 35.5. The molecule has 504 valence electrons. The van der Waals surface area contributed by atoms with E-state index in [1.807, 2.05) is 20.8 Å². The first-order valence-corrected chi connectivity index (χ1v) is 31.8. The van der Waals surface area contributed by atoms with Crippen molar-refractivity contribution in [3.8, 4) is 0 Å². The molecule has 2 aromatic rings. The first-order chi connectivity index (χ1) is 42.5. The molecular weight excluding hydrogens is 1200 g/mol. The van der Waals surface area contributed by atoms with Crippen LogP contribution < -0.4 is 16.0 Å². The van der Waals surface area contributed by atoms with Crippen LogP contribution >= 0.6 is 11.6 Å². The Bertz CT molecular complexity index is 2970. The number of nitrogens with zero attached hydrogens (tertiary/aromatic N) is 8. The van der Waals surface area contributed by atoms with Crippen LogP contribution in [0, 0.1) is 17.8 Å². The number of carbonyl (C=O) groups excluding carboxylic acids is 11. The number of halogens is 4. The van der Waals surface area contributed by atoms with Crippen molar-refractivity contribution >= 4 is 76.6 Å². The van der Waals surface area contributed by atoms with Crippen molar-refractivity contribution in [3.63, 3.8) is 0 Å². The molecule has 22 nitrogen and oxygen atoms in total. The van der Waals surface area contributed by atoms with Crippen LogP contribution in [0.4, 0.5) is 13.2 Å². The standard InChI is InChI=1S/C65H95ClF3N11O11/c1-15-41(6)55-61(89)75(10)37-53(83)73(8)38-54(84)78(13)50(35-43-22-17-16-18-23-43)60(88)74(9)36-51(81)70-47(28-26-44-25-27-45(46(66)34-44)65(67,68)69)59(87)80-31-21-24-48(80)58(86)72-64(29-19-20-30-64)63(91)79(14)56(40(4)5)62(90)76(11)42(7)33-52(82)77(12)49(32-39(2)3)57(85)71-55/h16-18,22-23,25,27,34,39-42,47-50,55-56H,15,19-21,24,26,28-33,35-38H2,1-14H3,(H,70,81)(H,71,85)(H,72,86)/t41-,42+,47-,48?,49-,50-,55-,56-/m0/s1. The quantitative estimate of drug-likeness (QED) is 0.292. The Morgan fingerprint density at radius 2 is 1.25 bits per heavy atom. The summed E-state index contributed by atoms with van der Waals surface area (Å²) in [6, 6.07) is 3.93. The molecule has 1 saturated carbocycles. The number of alkyl halides is 3. The van der Waals surface area contributed by atoms with Crippen molar-refractivity contribution in [2.24, 2.45) is 17.8 Å². The van der Waals surface area contributed by atoms with E-state index in [0.29, 0.717) is 36.8 Å². The van der Waals surface area contributed by atoms with Gasteiger partial charge in [0.05, 0.1) is 30.2 Å². The maximum absolute atomic E-state index is 15.1. The van der Waals surface area contributed by atoms with Gasteiger partial charge in [0.15, 0.2) is 0 Å². The summed E-state index contributed by atoms with van der Waals surface area (Å²) in [5, 5.41) is 8.03. The van der Waals surface area contributed by atoms with Gasteiger partial charge in [-0.15, -0.1) is 0 Å². The van der Waals surface area contributed by atoms with Crippen LogP contribution in [0.1, 0.15) is 129 Å². The topological polar surface area (TPSA) is 250 Å². The summed E-state index contributed by atoms with van der Waals surface area (Å²) in [6.07, 6.45) is -2.71. The smallest absolute Gasteiger partial charge is 0.343 e. The lowest BCUT2D eigenvalue weighted by Gasteiger charge is -2.41. The van der Waals surface area contributed by atoms with Crippen molar-refractivity contribution in [1.29, 1.82) is 0 Å². The number of nitrogens with one attached hydrogen (secondary N) is 3. The van der Waals surface area contributed by atoms with Gasteiger partial charge in [0, 0.05) is 74.8 Å². The second kappa shape index (κ2) is 32.3. The van der Waals surface area contributed by atoms with Crippen molar-refractivity contribution in [3.05, 3.63) is 70.2 Å². The highest BCUT2D eigenvalue weighted by Gasteiger charge is 2.50. The van der Waals surface area contributed by atoms with Crippen LogP contribution in [0.25, 0.3) is 0 Å². The van der Waals surface area contributed by atoms with E-state index in [2.05, 4.69) is 16.0 Å². The number of benzene rings is 2. The van der Waals surface area contributed by atoms with E-state index in [4.69, 9.17) is 11.6 Å². The summed E-state index contributed by atoms with van der Waals surface area (Å²) in [7, 11) is 9.92. The fraction of sp³-hybridized carbons (Fsp3) is 0.646. The molecule has 26 heteroatoms. The van der Waals surface area contributed by atoms with Crippen LogP contribution in [-0.4, -0.2) is 228 Å². The molecule has 2 saturated heterocycles. The van der Waals surface area contributed by atoms with Gasteiger partial charge in [0.25, 0.3) is 0 Å². The summed E-state index contributed by atoms with van der Waals surface area (Å²) in [5.74, 6) is -8.06. The SMILES string of the molecule is CC[C@H](C)[C@@H]1NC(=O)[C@H](CC(C)C)N(C)C(=O)C[C@@H](C)N(C)C(=O)[C@H](C(C)C)N(C)C(=O)C2(CCCC2)NC(=O)C2CCCN2C(=O)[C@H](CCc2ccc(C(F)(F)F)c(Cl)c2)NC(=O)CN(C)C(=O)[C@H](Cc2ccccc2)N(C)C(=O)CN(C)C(=O)CN(C)C1=O. The highest BCUT2D eigenvalue weighted by molar-refractivity contribution is 6.31. The second-order valence-corrected chi connectivity index (χ2v) is 26.3. The van der Waals surface area contributed by atoms with Gasteiger partial charge in [-0.2, -0.15) is 13.2 Å². The summed E-state index contributed by atoms with van der Waals surface area (Å²) in [4.78, 5) is 170. The maximum Gasteiger partial charge on any atom is 0.417 e. The van der Waals surface area contributed by atoms with Gasteiger partial charge in [-0.1, -0.05) is 109 Å². The van der Waals surface area contributed by atoms with Gasteiger partial charge in [0.2, 0.25) is 65.0 Å². The van der Waals surface area contributed by atoms with E-state index in [0.717, 1.165) is 31.7 Å². The molecule has 0 bridgehead atoms. The minimum Gasteiger partial charge on any atom is -0.343 e. The number of hydrogen-bond donors (Lipinski definition) is 3. The molecule has 11 amide bonds. The van der Waals surface area contributed by atoms with Crippen LogP contribution in [0.2, 0.25) is 5.02 Å². The number of fused-ring (bicyclic) bond motifs is 1. The molecule has 0 aromatic heterocycles. The monoisotopic (exact) mass is 1300 g/mol. The molecule has 3 aliphatic rings. The van der Waals surface area contributed by atoms with E-state index in [9.17, 15) is 56.3 Å². The van der Waals surface area contributed by atoms with Crippen molar-refractivity contribution in [1.82, 2.24) is 55.1 Å². The molecule has 2 heterocycles. The summed E-state index contributed by atoms with van der Waals surface area (Å²) >= 11 is 6.11. The normalized spacial score (nSPS) is 25.0. The lowest BCUT2D eigenvalue weighted by molar-refractivity contribution is -0.152. The Kier molecular flexibility index (Phi) is 26.4. The van der Waals surface area contributed by atoms with Crippen LogP contribution in [0.5, 0.6) is 0 Å². The molecular formula is C65H95ClF3N11O11. The minimum atomic E-state index is -4.75. The Morgan fingerprint density at radius 1 is 0.648 bits per heavy atom. The number of rotatable bonds is 10. The average molecular weight is 1300 g/mol. The van der Waals surface area contributed by atoms with Crippen LogP contribution in [0.3, 0.4) is 0 Å². The van der Waals surface area contributed by atoms with E-state index >= 15 is 9.59 Å². The molecule has 1 spiro atoms. The first-order valence-electron chi connectivity index (χ1n) is 31.5. The Morgan fingerprint density at radius 3 is 1.84 bits per heavy atom. The molecule has 1 unspecified atom stereocenters. The molecule has 5 rings (SSSR count). The Balaban J connectivity index is 1.57. The molecule has 1 aliphatic carbocycles. The fourth-order valence-electron chi connectivity index (χ4n) is 12.3. The third kappa shape index (κ3) is 18.9. The number of hydrogen-bond acceptors (Lipinski definition) is 11. The molecule has 0 radical (unpaired) electrons. The van der Waals surface area contributed by atoms with Crippen molar-refractivity contribution < 1.29 is 65.9 Å². The van der Waals surface area contributed by atoms with Gasteiger partial charge in [-0.3, -0.25) is 52.7 Å². The van der Waals surface area contributed by atoms with Gasteiger partial charge in [-0.25, -0.2) is 0 Å². The predicted molar refractivity (Wildman–Crippen MR) is 336 cm³/mol. The van der Waals surface area contributed by atoms with Gasteiger partial charge >= 0.3 is 6.18 Å². The van der Waals surface area contributed by atoms with E-state index in [1.54, 1.807) is 58.0 Å². The van der Waals surface area contributed by atoms with E-state index < -0.39 is 161 Å². The first kappa shape index (κ1) is 74.4. The summed E-state index contributed by atoms with van der Waals surface area (Å²) in [6.45, 7) is 10.9. The maximum atomic E-state index is 15.1. The van der Waals surface area contributed by atoms with Gasteiger partial charge in [0.1, 0.15) is 41.8 Å². The lowest BCUT2D eigenvalue weighted by atomic mass is 9.91. The zero-order chi connectivity index (χ0) is 68.1. The van der Waals surface area contributed by atoms with E-state index in [-0.39, 0.29) is 63.8 Å². The third-order valence-electron chi connectivity index (χ3n) is 18.2. The third-order valence-corrected chi connectivity index (χ3v) is 18.5. The summed E-state index contributed by atoms with van der Waals surface area (Å²) in [5.41, 5.74) is -1.65. The van der Waals surface area contributed by atoms with Crippen molar-refractivity contribution in [2.45, 2.75) is 180 Å². The fourth-order valence-corrected chi connectivity index (χ4v) is 12.6. The largest absolute Gasteiger partial charge is 0.417 e. The van der Waals surface area contributed by atoms with Crippen LogP contribution in [-0.2, 0) is 71.8 Å². The molecule has 3 N–H and O–H groups in total. The highest BCUT2D eigenvalue weighted by Crippen LogP contribution is 2.36. The van der Waals surface area contributed by atoms with Gasteiger partial charge < -0.3 is 55.1 Å². The van der Waals surface area contributed by atoms with Gasteiger partial charge in [-0.05, 0) is 92.9 Å².